The molecule has 0 saturated heterocycles. The van der Waals surface area contributed by atoms with Crippen LogP contribution in [-0.4, -0.2) is 42.7 Å². The van der Waals surface area contributed by atoms with Crippen molar-refractivity contribution < 1.29 is 37.6 Å². The third-order valence-corrected chi connectivity index (χ3v) is 5.07. The standard InChI is InChI=1S/C18H27N2O9P/c1-5-26-17(21)12-28-30(25,19-16(11-13(3)4)18(22)27-6-2)29-15-9-7-14(8-10-15)20(23)24/h7-10,13,16H,5-6,11-12H2,1-4H3,(H,19,25)/t16-,30?/m0/s1. The van der Waals surface area contributed by atoms with Gasteiger partial charge in [-0.15, -0.1) is 0 Å². The highest BCUT2D eigenvalue weighted by molar-refractivity contribution is 7.52. The van der Waals surface area contributed by atoms with Crippen LogP contribution < -0.4 is 9.61 Å². The zero-order valence-electron chi connectivity index (χ0n) is 17.4. The molecule has 1 rings (SSSR count). The fraction of sp³-hybridized carbons (Fsp3) is 0.556. The van der Waals surface area contributed by atoms with Crippen molar-refractivity contribution in [1.82, 2.24) is 5.09 Å². The average Bonchev–Trinajstić information content (AvgIpc) is 2.66. The number of carbonyl (C=O) groups is 2. The van der Waals surface area contributed by atoms with E-state index in [9.17, 15) is 24.3 Å². The largest absolute Gasteiger partial charge is 0.465 e. The number of hydrogen-bond acceptors (Lipinski definition) is 9. The number of nitrogens with zero attached hydrogens (tertiary/aromatic N) is 1. The molecule has 168 valence electrons. The van der Waals surface area contributed by atoms with E-state index >= 15 is 0 Å². The fourth-order valence-corrected chi connectivity index (χ4v) is 3.75. The summed E-state index contributed by atoms with van der Waals surface area (Å²) in [6, 6.07) is 3.73. The van der Waals surface area contributed by atoms with E-state index < -0.39 is 37.3 Å². The van der Waals surface area contributed by atoms with Gasteiger partial charge in [0.05, 0.1) is 18.1 Å². The lowest BCUT2D eigenvalue weighted by molar-refractivity contribution is -0.384. The maximum absolute atomic E-state index is 13.3. The Labute approximate surface area is 174 Å². The molecule has 2 atom stereocenters. The molecular formula is C18H27N2O9P. The van der Waals surface area contributed by atoms with Crippen LogP contribution in [0, 0.1) is 16.0 Å². The van der Waals surface area contributed by atoms with Crippen LogP contribution in [0.5, 0.6) is 5.75 Å². The zero-order chi connectivity index (χ0) is 22.7. The fourth-order valence-electron chi connectivity index (χ4n) is 2.30. The lowest BCUT2D eigenvalue weighted by Gasteiger charge is -2.25. The smallest absolute Gasteiger partial charge is 0.460 e. The van der Waals surface area contributed by atoms with Gasteiger partial charge in [0.15, 0.2) is 6.61 Å². The Bertz CT molecular complexity index is 767. The molecule has 0 aromatic heterocycles. The summed E-state index contributed by atoms with van der Waals surface area (Å²) >= 11 is 0. The van der Waals surface area contributed by atoms with Crippen LogP contribution in [0.1, 0.15) is 34.1 Å². The van der Waals surface area contributed by atoms with Crippen LogP contribution in [0.4, 0.5) is 5.69 Å². The summed E-state index contributed by atoms with van der Waals surface area (Å²) in [6.45, 7) is 6.47. The summed E-state index contributed by atoms with van der Waals surface area (Å²) in [6.07, 6.45) is 0.259. The third-order valence-electron chi connectivity index (χ3n) is 3.52. The number of nitrogens with one attached hydrogen (secondary N) is 1. The van der Waals surface area contributed by atoms with Crippen molar-refractivity contribution in [2.75, 3.05) is 19.8 Å². The highest BCUT2D eigenvalue weighted by atomic mass is 31.2. The molecule has 1 unspecified atom stereocenters. The number of ether oxygens (including phenoxy) is 2. The molecule has 0 aliphatic rings. The topological polar surface area (TPSA) is 143 Å². The number of hydrogen-bond donors (Lipinski definition) is 1. The minimum atomic E-state index is -4.27. The molecule has 1 aromatic carbocycles. The minimum Gasteiger partial charge on any atom is -0.465 e. The van der Waals surface area contributed by atoms with Gasteiger partial charge in [-0.05, 0) is 38.3 Å². The summed E-state index contributed by atoms with van der Waals surface area (Å²) in [7, 11) is -4.27. The van der Waals surface area contributed by atoms with Gasteiger partial charge in [-0.25, -0.2) is 9.36 Å². The molecule has 30 heavy (non-hydrogen) atoms. The molecule has 0 fully saturated rings. The Kier molecular flexibility index (Phi) is 10.4. The van der Waals surface area contributed by atoms with Crippen molar-refractivity contribution in [1.29, 1.82) is 0 Å². The second-order valence-electron chi connectivity index (χ2n) is 6.48. The molecule has 1 aromatic rings. The van der Waals surface area contributed by atoms with Crippen LogP contribution in [0.3, 0.4) is 0 Å². The molecule has 0 bridgehead atoms. The van der Waals surface area contributed by atoms with E-state index in [4.69, 9.17) is 18.5 Å². The number of non-ortho nitro benzene ring substituents is 1. The molecular weight excluding hydrogens is 419 g/mol. The van der Waals surface area contributed by atoms with Crippen LogP contribution in [-0.2, 0) is 28.2 Å². The van der Waals surface area contributed by atoms with E-state index in [-0.39, 0.29) is 37.0 Å². The monoisotopic (exact) mass is 446 g/mol. The zero-order valence-corrected chi connectivity index (χ0v) is 18.3. The first-order chi connectivity index (χ1) is 14.1. The van der Waals surface area contributed by atoms with E-state index in [0.717, 1.165) is 12.1 Å². The number of rotatable bonds is 13. The van der Waals surface area contributed by atoms with Crippen LogP contribution >= 0.6 is 7.75 Å². The molecule has 0 radical (unpaired) electrons. The predicted octanol–water partition coefficient (Wildman–Crippen LogP) is 3.23. The Morgan fingerprint density at radius 1 is 1.13 bits per heavy atom. The molecule has 11 nitrogen and oxygen atoms in total. The second kappa shape index (κ2) is 12.3. The van der Waals surface area contributed by atoms with Crippen molar-refractivity contribution >= 4 is 25.4 Å². The molecule has 0 heterocycles. The molecule has 0 aliphatic carbocycles. The second-order valence-corrected chi connectivity index (χ2v) is 8.18. The van der Waals surface area contributed by atoms with Crippen molar-refractivity contribution in [2.45, 2.75) is 40.2 Å². The summed E-state index contributed by atoms with van der Waals surface area (Å²) < 4.78 is 33.6. The summed E-state index contributed by atoms with van der Waals surface area (Å²) in [4.78, 5) is 34.1. The first-order valence-electron chi connectivity index (χ1n) is 9.38. The number of nitro benzene ring substituents is 1. The molecule has 0 saturated carbocycles. The average molecular weight is 446 g/mol. The summed E-state index contributed by atoms with van der Waals surface area (Å²) in [5.74, 6) is -1.42. The van der Waals surface area contributed by atoms with Gasteiger partial charge < -0.3 is 14.0 Å². The van der Waals surface area contributed by atoms with Gasteiger partial charge in [-0.2, -0.15) is 5.09 Å². The molecule has 0 spiro atoms. The normalized spacial score (nSPS) is 13.9. The lowest BCUT2D eigenvalue weighted by Crippen LogP contribution is -2.39. The van der Waals surface area contributed by atoms with E-state index in [2.05, 4.69) is 5.09 Å². The van der Waals surface area contributed by atoms with E-state index in [0.29, 0.717) is 0 Å². The summed E-state index contributed by atoms with van der Waals surface area (Å²) in [5, 5.41) is 13.3. The maximum atomic E-state index is 13.3. The van der Waals surface area contributed by atoms with E-state index in [1.165, 1.54) is 12.1 Å². The Morgan fingerprint density at radius 3 is 2.23 bits per heavy atom. The molecule has 0 aliphatic heterocycles. The highest BCUT2D eigenvalue weighted by Gasteiger charge is 2.35. The number of esters is 2. The molecule has 12 heteroatoms. The number of nitro groups is 1. The first kappa shape index (κ1) is 25.5. The summed E-state index contributed by atoms with van der Waals surface area (Å²) in [5.41, 5.74) is -0.193. The Balaban J connectivity index is 3.10. The predicted molar refractivity (Wildman–Crippen MR) is 107 cm³/mol. The SMILES string of the molecule is CCOC(=O)COP(=O)(N[C@@H](CC(C)C)C(=O)OCC)Oc1ccc([N+](=O)[O-])cc1. The van der Waals surface area contributed by atoms with E-state index in [1.807, 2.05) is 13.8 Å². The van der Waals surface area contributed by atoms with Crippen molar-refractivity contribution in [3.8, 4) is 5.75 Å². The number of benzene rings is 1. The van der Waals surface area contributed by atoms with Gasteiger partial charge in [0.25, 0.3) is 5.69 Å². The maximum Gasteiger partial charge on any atom is 0.460 e. The van der Waals surface area contributed by atoms with E-state index in [1.54, 1.807) is 13.8 Å². The van der Waals surface area contributed by atoms with Crippen molar-refractivity contribution in [3.05, 3.63) is 34.4 Å². The van der Waals surface area contributed by atoms with Crippen molar-refractivity contribution in [2.24, 2.45) is 5.92 Å². The Morgan fingerprint density at radius 2 is 1.73 bits per heavy atom. The minimum absolute atomic E-state index is 0.0209. The van der Waals surface area contributed by atoms with Gasteiger partial charge in [0.1, 0.15) is 11.8 Å². The van der Waals surface area contributed by atoms with Gasteiger partial charge in [0, 0.05) is 12.1 Å². The first-order valence-corrected chi connectivity index (χ1v) is 10.9. The highest BCUT2D eigenvalue weighted by Crippen LogP contribution is 2.45. The van der Waals surface area contributed by atoms with Crippen LogP contribution in [0.25, 0.3) is 0 Å². The van der Waals surface area contributed by atoms with Gasteiger partial charge in [-0.1, -0.05) is 13.8 Å². The third kappa shape index (κ3) is 8.89. The van der Waals surface area contributed by atoms with Gasteiger partial charge in [0.2, 0.25) is 0 Å². The lowest BCUT2D eigenvalue weighted by atomic mass is 10.1. The molecule has 0 amide bonds. The van der Waals surface area contributed by atoms with Crippen LogP contribution in [0.15, 0.2) is 24.3 Å². The Hall–Kier alpha value is -2.49. The van der Waals surface area contributed by atoms with Gasteiger partial charge >= 0.3 is 19.7 Å². The number of carbonyl (C=O) groups excluding carboxylic acids is 2. The van der Waals surface area contributed by atoms with Crippen molar-refractivity contribution in [3.63, 3.8) is 0 Å². The van der Waals surface area contributed by atoms with Gasteiger partial charge in [-0.3, -0.25) is 19.4 Å². The quantitative estimate of drug-likeness (QED) is 0.207. The van der Waals surface area contributed by atoms with Crippen LogP contribution in [0.2, 0.25) is 0 Å². The molecule has 1 N–H and O–H groups in total.